The highest BCUT2D eigenvalue weighted by atomic mass is 127. The average Bonchev–Trinajstić information content (AvgIpc) is 3.02. The van der Waals surface area contributed by atoms with E-state index < -0.39 is 12.8 Å². The van der Waals surface area contributed by atoms with Crippen LogP contribution in [-0.4, -0.2) is 36.9 Å². The van der Waals surface area contributed by atoms with Gasteiger partial charge in [-0.3, -0.25) is 0 Å². The van der Waals surface area contributed by atoms with Gasteiger partial charge in [0.15, 0.2) is 5.79 Å². The Kier molecular flexibility index (Phi) is 5.17. The second-order valence-corrected chi connectivity index (χ2v) is 7.33. The molecule has 0 N–H and O–H groups in total. The normalized spacial score (nSPS) is 33.5. The molecule has 140 valence electrons. The highest BCUT2D eigenvalue weighted by molar-refractivity contribution is 5.18. The maximum absolute atomic E-state index is 8.28. The van der Waals surface area contributed by atoms with Gasteiger partial charge in [0.2, 0.25) is 0 Å². The van der Waals surface area contributed by atoms with E-state index in [4.69, 9.17) is 13.6 Å². The van der Waals surface area contributed by atoms with E-state index in [0.717, 1.165) is 24.0 Å². The molecule has 0 aromatic heterocycles. The first-order valence-corrected chi connectivity index (χ1v) is 9.18. The van der Waals surface area contributed by atoms with Gasteiger partial charge in [-0.2, -0.15) is 0 Å². The molecule has 0 radical (unpaired) electrons. The molecule has 0 bridgehead atoms. The Hall–Kier alpha value is -0.950. The lowest BCUT2D eigenvalue weighted by atomic mass is 10.1. The molecular weight excluding hydrogens is 437 g/mol. The van der Waals surface area contributed by atoms with Gasteiger partial charge in [-0.15, -0.1) is 0 Å². The Morgan fingerprint density at radius 2 is 1.77 bits per heavy atom. The summed E-state index contributed by atoms with van der Waals surface area (Å²) in [4.78, 5) is 0. The van der Waals surface area contributed by atoms with E-state index in [1.54, 1.807) is 0 Å². The van der Waals surface area contributed by atoms with Gasteiger partial charge in [0.25, 0.3) is 0 Å². The average molecular weight is 468 g/mol. The van der Waals surface area contributed by atoms with Gasteiger partial charge in [0.1, 0.15) is 12.6 Å². The van der Waals surface area contributed by atoms with Crippen molar-refractivity contribution in [3.05, 3.63) is 71.8 Å². The molecule has 2 aliphatic rings. The zero-order chi connectivity index (χ0) is 19.7. The third-order valence-corrected chi connectivity index (χ3v) is 5.42. The van der Waals surface area contributed by atoms with Crippen LogP contribution in [0.5, 0.6) is 0 Å². The summed E-state index contributed by atoms with van der Waals surface area (Å²) in [6.07, 6.45) is 2.03. The van der Waals surface area contributed by atoms with Crippen molar-refractivity contribution < 1.29 is 42.0 Å². The number of nitrogens with zero attached hydrogens (tertiary/aromatic N) is 1. The first kappa shape index (κ1) is 16.0. The monoisotopic (exact) mass is 468 g/mol. The highest BCUT2D eigenvalue weighted by Gasteiger charge is 2.45. The Balaban J connectivity index is 0.00000240. The number of quaternary nitrogens is 1. The Bertz CT molecular complexity index is 790. The number of hydrogen-bond donors (Lipinski definition) is 0. The summed E-state index contributed by atoms with van der Waals surface area (Å²) >= 11 is 0. The van der Waals surface area contributed by atoms with Crippen molar-refractivity contribution in [2.75, 3.05) is 26.7 Å². The molecule has 2 fully saturated rings. The first-order valence-electron chi connectivity index (χ1n) is 10.7. The number of likely N-dealkylation sites (tertiary alicyclic amines) is 1. The zero-order valence-electron chi connectivity index (χ0n) is 17.9. The predicted molar refractivity (Wildman–Crippen MR) is 98.9 cm³/mol. The lowest BCUT2D eigenvalue weighted by molar-refractivity contribution is -0.922. The maximum Gasteiger partial charge on any atom is 0.174 e. The van der Waals surface area contributed by atoms with Crippen LogP contribution >= 0.6 is 0 Å². The van der Waals surface area contributed by atoms with E-state index in [1.807, 2.05) is 48.5 Å². The molecule has 26 heavy (non-hydrogen) atoms. The van der Waals surface area contributed by atoms with Crippen molar-refractivity contribution in [1.82, 2.24) is 0 Å². The summed E-state index contributed by atoms with van der Waals surface area (Å²) in [7, 11) is 0. The molecule has 0 saturated carbocycles. The lowest BCUT2D eigenvalue weighted by Crippen LogP contribution is -3.00. The third-order valence-electron chi connectivity index (χ3n) is 5.42. The second-order valence-electron chi connectivity index (χ2n) is 7.33. The van der Waals surface area contributed by atoms with Gasteiger partial charge < -0.3 is 37.9 Å². The fraction of sp³-hybridized carbons (Fsp3) is 0.455. The molecule has 0 aliphatic carbocycles. The molecule has 2 heterocycles. The molecule has 2 aromatic carbocycles. The van der Waals surface area contributed by atoms with Crippen LogP contribution < -0.4 is 24.0 Å². The minimum Gasteiger partial charge on any atom is -1.00 e. The van der Waals surface area contributed by atoms with Crippen molar-refractivity contribution in [2.45, 2.75) is 37.7 Å². The lowest BCUT2D eigenvalue weighted by Gasteiger charge is -2.34. The van der Waals surface area contributed by atoms with E-state index >= 15 is 0 Å². The second kappa shape index (κ2) is 8.38. The molecule has 1 spiro atoms. The smallest absolute Gasteiger partial charge is 0.174 e. The van der Waals surface area contributed by atoms with Crippen LogP contribution in [0, 0.1) is 0 Å². The van der Waals surface area contributed by atoms with Crippen LogP contribution in [0.2, 0.25) is 0 Å². The van der Waals surface area contributed by atoms with Crippen molar-refractivity contribution in [2.24, 2.45) is 0 Å². The molecule has 2 aromatic rings. The molecule has 2 aliphatic heterocycles. The van der Waals surface area contributed by atoms with E-state index in [1.165, 1.54) is 0 Å². The molecular formula is C22H28INO2. The zero-order valence-corrected chi connectivity index (χ0v) is 17.1. The van der Waals surface area contributed by atoms with E-state index in [9.17, 15) is 0 Å². The van der Waals surface area contributed by atoms with Crippen molar-refractivity contribution in [1.29, 1.82) is 0 Å². The molecule has 3 atom stereocenters. The minimum absolute atomic E-state index is 0. The van der Waals surface area contributed by atoms with Crippen LogP contribution in [0.4, 0.5) is 0 Å². The van der Waals surface area contributed by atoms with Crippen LogP contribution in [0.15, 0.2) is 60.7 Å². The molecule has 4 heteroatoms. The highest BCUT2D eigenvalue weighted by Crippen LogP contribution is 2.41. The van der Waals surface area contributed by atoms with Crippen LogP contribution in [0.3, 0.4) is 0 Å². The van der Waals surface area contributed by atoms with E-state index in [0.29, 0.717) is 32.7 Å². The number of halogens is 1. The van der Waals surface area contributed by atoms with Crippen LogP contribution in [0.25, 0.3) is 0 Å². The molecule has 2 saturated heterocycles. The minimum atomic E-state index is -2.07. The van der Waals surface area contributed by atoms with Crippen LogP contribution in [-0.2, 0) is 16.0 Å². The summed E-state index contributed by atoms with van der Waals surface area (Å²) < 4.78 is 37.5. The summed E-state index contributed by atoms with van der Waals surface area (Å²) in [5, 5.41) is 0. The standard InChI is InChI=1S/C22H28NO2.HI/c1-23(17-19-9-4-2-5-10-19)15-8-13-22(14-16-23)24-18-21(25-22)20-11-6-3-7-12-20;/h2-7,9-12,21H,8,13-18H2,1H3;1H/q+1;/p-1/t21-,22?,23?;/m0./s1/i1D3;. The van der Waals surface area contributed by atoms with Gasteiger partial charge in [-0.05, 0) is 5.56 Å². The quantitative estimate of drug-likeness (QED) is 0.500. The van der Waals surface area contributed by atoms with Gasteiger partial charge in [0.05, 0.1) is 37.2 Å². The van der Waals surface area contributed by atoms with Gasteiger partial charge >= 0.3 is 0 Å². The summed E-state index contributed by atoms with van der Waals surface area (Å²) in [6.45, 7) is 0.0909. The van der Waals surface area contributed by atoms with Crippen molar-refractivity contribution in [3.63, 3.8) is 0 Å². The Morgan fingerprint density at radius 1 is 1.04 bits per heavy atom. The number of ether oxygens (including phenoxy) is 2. The molecule has 4 rings (SSSR count). The van der Waals surface area contributed by atoms with E-state index in [2.05, 4.69) is 12.1 Å². The number of hydrogen-bond acceptors (Lipinski definition) is 2. The van der Waals surface area contributed by atoms with Crippen molar-refractivity contribution in [3.8, 4) is 0 Å². The predicted octanol–water partition coefficient (Wildman–Crippen LogP) is 1.31. The fourth-order valence-corrected chi connectivity index (χ4v) is 4.01. The number of rotatable bonds is 3. The Morgan fingerprint density at radius 3 is 2.50 bits per heavy atom. The molecule has 2 unspecified atom stereocenters. The van der Waals surface area contributed by atoms with Gasteiger partial charge in [-0.25, -0.2) is 0 Å². The van der Waals surface area contributed by atoms with Crippen molar-refractivity contribution >= 4 is 0 Å². The van der Waals surface area contributed by atoms with Gasteiger partial charge in [0, 0.05) is 18.4 Å². The van der Waals surface area contributed by atoms with E-state index in [-0.39, 0.29) is 34.6 Å². The summed E-state index contributed by atoms with van der Waals surface area (Å²) in [5.41, 5.74) is 2.18. The van der Waals surface area contributed by atoms with Crippen LogP contribution in [0.1, 0.15) is 40.6 Å². The molecule has 3 nitrogen and oxygen atoms in total. The summed E-state index contributed by atoms with van der Waals surface area (Å²) in [6, 6.07) is 20.1. The topological polar surface area (TPSA) is 18.5 Å². The number of benzene rings is 2. The largest absolute Gasteiger partial charge is 1.00 e. The van der Waals surface area contributed by atoms with Gasteiger partial charge in [-0.1, -0.05) is 60.7 Å². The maximum atomic E-state index is 8.28. The Labute approximate surface area is 178 Å². The fourth-order valence-electron chi connectivity index (χ4n) is 4.01. The SMILES string of the molecule is [2H]C([2H])([2H])[N+]1(Cc2ccccc2)CCCC2(CC1)OC[C@@H](c1ccccc1)O2.[I-]. The third kappa shape index (κ3) is 4.47. The first-order chi connectivity index (χ1) is 13.4. The molecule has 0 amide bonds. The summed E-state index contributed by atoms with van der Waals surface area (Å²) in [5.74, 6) is -0.664.